The Labute approximate surface area is 114 Å². The van der Waals surface area contributed by atoms with Crippen molar-refractivity contribution in [2.24, 2.45) is 7.05 Å². The van der Waals surface area contributed by atoms with Crippen LogP contribution in [0.15, 0.2) is 24.5 Å². The van der Waals surface area contributed by atoms with E-state index in [1.165, 1.54) is 11.1 Å². The van der Waals surface area contributed by atoms with Crippen molar-refractivity contribution in [3.63, 3.8) is 0 Å². The number of piperazine rings is 1. The van der Waals surface area contributed by atoms with E-state index in [1.807, 2.05) is 13.4 Å². The first-order chi connectivity index (χ1) is 9.09. The molecule has 0 atom stereocenters. The predicted octanol–water partition coefficient (Wildman–Crippen LogP) is 1.71. The molecule has 19 heavy (non-hydrogen) atoms. The molecule has 1 aliphatic heterocycles. The summed E-state index contributed by atoms with van der Waals surface area (Å²) in [5, 5.41) is 3.41. The Morgan fingerprint density at radius 3 is 2.68 bits per heavy atom. The van der Waals surface area contributed by atoms with Crippen molar-refractivity contribution >= 4 is 11.0 Å². The highest BCUT2D eigenvalue weighted by Gasteiger charge is 2.29. The third kappa shape index (κ3) is 2.15. The minimum absolute atomic E-state index is 0.0633. The zero-order valence-electron chi connectivity index (χ0n) is 12.0. The maximum absolute atomic E-state index is 4.47. The van der Waals surface area contributed by atoms with Gasteiger partial charge >= 0.3 is 0 Å². The second-order valence-corrected chi connectivity index (χ2v) is 5.86. The van der Waals surface area contributed by atoms with Crippen molar-refractivity contribution in [2.75, 3.05) is 26.2 Å². The molecule has 1 aliphatic rings. The lowest BCUT2D eigenvalue weighted by Gasteiger charge is -2.41. The van der Waals surface area contributed by atoms with Crippen LogP contribution in [0.1, 0.15) is 19.4 Å². The van der Waals surface area contributed by atoms with Crippen LogP contribution in [0, 0.1) is 0 Å². The van der Waals surface area contributed by atoms with Gasteiger partial charge in [-0.15, -0.1) is 0 Å². The molecule has 0 unspecified atom stereocenters. The number of fused-ring (bicyclic) bond motifs is 1. The van der Waals surface area contributed by atoms with E-state index >= 15 is 0 Å². The number of imidazole rings is 1. The molecule has 0 spiro atoms. The maximum Gasteiger partial charge on any atom is 0.0955 e. The number of nitrogens with zero attached hydrogens (tertiary/aromatic N) is 3. The van der Waals surface area contributed by atoms with Crippen LogP contribution in [0.5, 0.6) is 0 Å². The number of rotatable bonds is 2. The molecule has 2 heterocycles. The fourth-order valence-corrected chi connectivity index (χ4v) is 2.92. The molecular formula is C15H22N4. The lowest BCUT2D eigenvalue weighted by Crippen LogP contribution is -2.51. The quantitative estimate of drug-likeness (QED) is 0.890. The molecule has 1 fully saturated rings. The van der Waals surface area contributed by atoms with Gasteiger partial charge in [0.2, 0.25) is 0 Å². The van der Waals surface area contributed by atoms with Crippen LogP contribution in [-0.4, -0.2) is 40.6 Å². The van der Waals surface area contributed by atoms with Gasteiger partial charge < -0.3 is 9.88 Å². The Kier molecular flexibility index (Phi) is 3.07. The number of hydrogen-bond donors (Lipinski definition) is 1. The number of nitrogens with one attached hydrogen (secondary N) is 1. The van der Waals surface area contributed by atoms with Gasteiger partial charge in [0.05, 0.1) is 17.4 Å². The smallest absolute Gasteiger partial charge is 0.0955 e. The second kappa shape index (κ2) is 4.62. The monoisotopic (exact) mass is 258 g/mol. The normalized spacial score (nSPS) is 18.1. The summed E-state index contributed by atoms with van der Waals surface area (Å²) in [5.74, 6) is 0. The summed E-state index contributed by atoms with van der Waals surface area (Å²) < 4.78 is 2.07. The van der Waals surface area contributed by atoms with Crippen LogP contribution in [0.25, 0.3) is 11.0 Å². The highest BCUT2D eigenvalue weighted by atomic mass is 15.2. The van der Waals surface area contributed by atoms with Crippen LogP contribution in [0.4, 0.5) is 0 Å². The van der Waals surface area contributed by atoms with E-state index in [2.05, 4.69) is 51.8 Å². The largest absolute Gasteiger partial charge is 0.334 e. The molecule has 0 saturated carbocycles. The van der Waals surface area contributed by atoms with Crippen LogP contribution >= 0.6 is 0 Å². The number of hydrogen-bond acceptors (Lipinski definition) is 3. The highest BCUT2D eigenvalue weighted by molar-refractivity contribution is 5.76. The lowest BCUT2D eigenvalue weighted by atomic mass is 9.91. The zero-order chi connectivity index (χ0) is 13.5. The van der Waals surface area contributed by atoms with Gasteiger partial charge in [0.1, 0.15) is 0 Å². The van der Waals surface area contributed by atoms with Crippen molar-refractivity contribution in [1.29, 1.82) is 0 Å². The van der Waals surface area contributed by atoms with E-state index in [1.54, 1.807) is 0 Å². The van der Waals surface area contributed by atoms with Crippen LogP contribution < -0.4 is 5.32 Å². The van der Waals surface area contributed by atoms with Crippen molar-refractivity contribution < 1.29 is 0 Å². The van der Waals surface area contributed by atoms with E-state index in [0.717, 1.165) is 31.7 Å². The molecule has 3 rings (SSSR count). The molecule has 2 aromatic rings. The zero-order valence-corrected chi connectivity index (χ0v) is 12.0. The van der Waals surface area contributed by atoms with E-state index in [4.69, 9.17) is 0 Å². The third-order valence-electron chi connectivity index (χ3n) is 4.34. The number of benzene rings is 1. The summed E-state index contributed by atoms with van der Waals surface area (Å²) >= 11 is 0. The van der Waals surface area contributed by atoms with Gasteiger partial charge in [-0.2, -0.15) is 0 Å². The van der Waals surface area contributed by atoms with Crippen LogP contribution in [0.3, 0.4) is 0 Å². The first kappa shape index (κ1) is 12.6. The molecule has 0 aliphatic carbocycles. The molecule has 4 nitrogen and oxygen atoms in total. The molecular weight excluding hydrogens is 236 g/mol. The predicted molar refractivity (Wildman–Crippen MR) is 78.2 cm³/mol. The standard InChI is InChI=1S/C15H22N4/c1-15(2,19-8-6-16-7-9-19)12-4-5-14-13(10-12)17-11-18(14)3/h4-5,10-11,16H,6-9H2,1-3H3. The van der Waals surface area contributed by atoms with Crippen molar-refractivity contribution in [2.45, 2.75) is 19.4 Å². The Balaban J connectivity index is 1.97. The highest BCUT2D eigenvalue weighted by Crippen LogP contribution is 2.29. The summed E-state index contributed by atoms with van der Waals surface area (Å²) in [6, 6.07) is 6.66. The van der Waals surface area contributed by atoms with Crippen molar-refractivity contribution in [1.82, 2.24) is 19.8 Å². The molecule has 1 N–H and O–H groups in total. The van der Waals surface area contributed by atoms with Gasteiger partial charge in [-0.25, -0.2) is 4.98 Å². The number of aromatic nitrogens is 2. The lowest BCUT2D eigenvalue weighted by molar-refractivity contribution is 0.103. The first-order valence-electron chi connectivity index (χ1n) is 6.96. The van der Waals surface area contributed by atoms with E-state index in [9.17, 15) is 0 Å². The van der Waals surface area contributed by atoms with E-state index in [0.29, 0.717) is 0 Å². The molecule has 0 amide bonds. The maximum atomic E-state index is 4.47. The minimum atomic E-state index is 0.0633. The van der Waals surface area contributed by atoms with E-state index < -0.39 is 0 Å². The average Bonchev–Trinajstić information content (AvgIpc) is 2.81. The molecule has 4 heteroatoms. The van der Waals surface area contributed by atoms with Crippen molar-refractivity contribution in [3.8, 4) is 0 Å². The molecule has 1 saturated heterocycles. The summed E-state index contributed by atoms with van der Waals surface area (Å²) in [7, 11) is 2.04. The molecule has 1 aromatic heterocycles. The second-order valence-electron chi connectivity index (χ2n) is 5.86. The minimum Gasteiger partial charge on any atom is -0.334 e. The average molecular weight is 258 g/mol. The van der Waals surface area contributed by atoms with Gasteiger partial charge in [-0.3, -0.25) is 4.90 Å². The van der Waals surface area contributed by atoms with Crippen LogP contribution in [-0.2, 0) is 12.6 Å². The van der Waals surface area contributed by atoms with Gasteiger partial charge in [-0.05, 0) is 31.5 Å². The van der Waals surface area contributed by atoms with E-state index in [-0.39, 0.29) is 5.54 Å². The Bertz CT molecular complexity index is 579. The van der Waals surface area contributed by atoms with Gasteiger partial charge in [0.15, 0.2) is 0 Å². The Morgan fingerprint density at radius 2 is 1.95 bits per heavy atom. The van der Waals surface area contributed by atoms with Gasteiger partial charge in [0.25, 0.3) is 0 Å². The Morgan fingerprint density at radius 1 is 1.21 bits per heavy atom. The van der Waals surface area contributed by atoms with Gasteiger partial charge in [0, 0.05) is 38.8 Å². The molecule has 1 aromatic carbocycles. The first-order valence-corrected chi connectivity index (χ1v) is 6.96. The third-order valence-corrected chi connectivity index (χ3v) is 4.34. The number of aryl methyl sites for hydroxylation is 1. The topological polar surface area (TPSA) is 33.1 Å². The van der Waals surface area contributed by atoms with Crippen molar-refractivity contribution in [3.05, 3.63) is 30.1 Å². The Hall–Kier alpha value is -1.39. The summed E-state index contributed by atoms with van der Waals surface area (Å²) in [5.41, 5.74) is 3.69. The molecule has 0 bridgehead atoms. The molecule has 102 valence electrons. The summed E-state index contributed by atoms with van der Waals surface area (Å²) in [4.78, 5) is 7.02. The van der Waals surface area contributed by atoms with Gasteiger partial charge in [-0.1, -0.05) is 6.07 Å². The fourth-order valence-electron chi connectivity index (χ4n) is 2.92. The SMILES string of the molecule is Cn1cnc2cc(C(C)(C)N3CCNCC3)ccc21. The summed E-state index contributed by atoms with van der Waals surface area (Å²) in [6.07, 6.45) is 1.88. The molecule has 0 radical (unpaired) electrons. The van der Waals surface area contributed by atoms with Crippen LogP contribution in [0.2, 0.25) is 0 Å². The fraction of sp³-hybridized carbons (Fsp3) is 0.533. The summed E-state index contributed by atoms with van der Waals surface area (Å²) in [6.45, 7) is 8.98.